The first-order chi connectivity index (χ1) is 9.81. The fraction of sp³-hybridized carbons (Fsp3) is 0.412. The first-order valence-electron chi connectivity index (χ1n) is 7.28. The molecule has 2 N–H and O–H groups in total. The van der Waals surface area contributed by atoms with Crippen molar-refractivity contribution in [1.29, 1.82) is 0 Å². The molecule has 0 aliphatic heterocycles. The molecule has 0 saturated carbocycles. The van der Waals surface area contributed by atoms with Crippen LogP contribution in [-0.2, 0) is 4.74 Å². The van der Waals surface area contributed by atoms with Gasteiger partial charge >= 0.3 is 0 Å². The Bertz CT molecular complexity index is 522. The molecule has 1 unspecified atom stereocenters. The van der Waals surface area contributed by atoms with Crippen LogP contribution in [0.1, 0.15) is 19.8 Å². The maximum Gasteiger partial charge on any atom is 0.0945 e. The average molecular weight is 273 g/mol. The van der Waals surface area contributed by atoms with Crippen LogP contribution in [0.5, 0.6) is 0 Å². The van der Waals surface area contributed by atoms with Crippen molar-refractivity contribution in [2.24, 2.45) is 0 Å². The molecule has 1 atom stereocenters. The van der Waals surface area contributed by atoms with Gasteiger partial charge in [0.15, 0.2) is 0 Å². The highest BCUT2D eigenvalue weighted by Gasteiger charge is 2.05. The number of fused-ring (bicyclic) bond motifs is 1. The Hall–Kier alpha value is -1.58. The molecule has 2 rings (SSSR count). The smallest absolute Gasteiger partial charge is 0.0945 e. The highest BCUT2D eigenvalue weighted by molar-refractivity contribution is 5.93. The normalized spacial score (nSPS) is 12.5. The predicted octanol–water partition coefficient (Wildman–Crippen LogP) is 3.43. The monoisotopic (exact) mass is 273 g/mol. The Morgan fingerprint density at radius 3 is 2.80 bits per heavy atom. The molecule has 0 aliphatic rings. The van der Waals surface area contributed by atoms with Crippen molar-refractivity contribution in [2.45, 2.75) is 25.9 Å². The van der Waals surface area contributed by atoms with Crippen LogP contribution in [0.15, 0.2) is 42.5 Å². The Labute approximate surface area is 120 Å². The number of unbranched alkanes of at least 4 members (excludes halogenated alkanes) is 1. The molecule has 0 amide bonds. The van der Waals surface area contributed by atoms with Crippen molar-refractivity contribution in [1.82, 2.24) is 0 Å². The summed E-state index contributed by atoms with van der Waals surface area (Å²) in [6.45, 7) is 3.74. The minimum Gasteiger partial charge on any atom is -0.389 e. The van der Waals surface area contributed by atoms with Gasteiger partial charge < -0.3 is 15.2 Å². The minimum atomic E-state index is -0.481. The maximum atomic E-state index is 9.89. The number of aliphatic hydroxyl groups is 1. The van der Waals surface area contributed by atoms with E-state index in [1.54, 1.807) is 0 Å². The molecule has 0 heterocycles. The van der Waals surface area contributed by atoms with Crippen LogP contribution in [0, 0.1) is 0 Å². The lowest BCUT2D eigenvalue weighted by atomic mass is 10.1. The second kappa shape index (κ2) is 7.88. The molecule has 3 nitrogen and oxygen atoms in total. The van der Waals surface area contributed by atoms with Gasteiger partial charge in [-0.1, -0.05) is 49.7 Å². The van der Waals surface area contributed by atoms with Crippen molar-refractivity contribution in [2.75, 3.05) is 25.1 Å². The van der Waals surface area contributed by atoms with Crippen LogP contribution in [0.25, 0.3) is 10.8 Å². The van der Waals surface area contributed by atoms with Crippen LogP contribution >= 0.6 is 0 Å². The first kappa shape index (κ1) is 14.8. The molecule has 0 aromatic heterocycles. The SMILES string of the molecule is CCCCOCC(O)CNc1cccc2ccccc12. The lowest BCUT2D eigenvalue weighted by molar-refractivity contribution is 0.0422. The van der Waals surface area contributed by atoms with E-state index >= 15 is 0 Å². The van der Waals surface area contributed by atoms with Gasteiger partial charge in [0.05, 0.1) is 12.7 Å². The topological polar surface area (TPSA) is 41.5 Å². The quantitative estimate of drug-likeness (QED) is 0.724. The fourth-order valence-corrected chi connectivity index (χ4v) is 2.13. The van der Waals surface area contributed by atoms with E-state index in [1.807, 2.05) is 24.3 Å². The zero-order chi connectivity index (χ0) is 14.2. The summed E-state index contributed by atoms with van der Waals surface area (Å²) in [6.07, 6.45) is 1.68. The Balaban J connectivity index is 1.86. The van der Waals surface area contributed by atoms with E-state index in [2.05, 4.69) is 30.4 Å². The van der Waals surface area contributed by atoms with Crippen molar-refractivity contribution < 1.29 is 9.84 Å². The third-order valence-corrected chi connectivity index (χ3v) is 3.27. The summed E-state index contributed by atoms with van der Waals surface area (Å²) in [7, 11) is 0. The van der Waals surface area contributed by atoms with Crippen molar-refractivity contribution in [3.05, 3.63) is 42.5 Å². The van der Waals surface area contributed by atoms with E-state index < -0.39 is 6.10 Å². The van der Waals surface area contributed by atoms with Gasteiger partial charge in [0.1, 0.15) is 0 Å². The lowest BCUT2D eigenvalue weighted by Crippen LogP contribution is -2.25. The number of anilines is 1. The van der Waals surface area contributed by atoms with Gasteiger partial charge in [-0.15, -0.1) is 0 Å². The number of hydrogen-bond acceptors (Lipinski definition) is 3. The van der Waals surface area contributed by atoms with Gasteiger partial charge in [0.2, 0.25) is 0 Å². The second-order valence-corrected chi connectivity index (χ2v) is 4.99. The number of nitrogens with one attached hydrogen (secondary N) is 1. The van der Waals surface area contributed by atoms with Crippen molar-refractivity contribution >= 4 is 16.5 Å². The summed E-state index contributed by atoms with van der Waals surface area (Å²) >= 11 is 0. The van der Waals surface area contributed by atoms with Crippen LogP contribution in [-0.4, -0.2) is 31.0 Å². The number of rotatable bonds is 8. The third kappa shape index (κ3) is 4.22. The van der Waals surface area contributed by atoms with E-state index in [1.165, 1.54) is 10.8 Å². The minimum absolute atomic E-state index is 0.387. The largest absolute Gasteiger partial charge is 0.389 e. The van der Waals surface area contributed by atoms with Crippen LogP contribution in [0.4, 0.5) is 5.69 Å². The molecule has 0 saturated heterocycles. The molecule has 20 heavy (non-hydrogen) atoms. The zero-order valence-corrected chi connectivity index (χ0v) is 12.0. The standard InChI is InChI=1S/C17H23NO2/c1-2-3-11-20-13-15(19)12-18-17-10-6-8-14-7-4-5-9-16(14)17/h4-10,15,18-19H,2-3,11-13H2,1H3. The zero-order valence-electron chi connectivity index (χ0n) is 12.0. The second-order valence-electron chi connectivity index (χ2n) is 4.99. The molecule has 2 aromatic rings. The summed E-state index contributed by atoms with van der Waals surface area (Å²) in [5, 5.41) is 15.6. The molecule has 2 aromatic carbocycles. The van der Waals surface area contributed by atoms with Crippen molar-refractivity contribution in [3.8, 4) is 0 Å². The molecule has 0 radical (unpaired) electrons. The molecule has 0 fully saturated rings. The van der Waals surface area contributed by atoms with Crippen LogP contribution < -0.4 is 5.32 Å². The fourth-order valence-electron chi connectivity index (χ4n) is 2.13. The predicted molar refractivity (Wildman–Crippen MR) is 84.2 cm³/mol. The van der Waals surface area contributed by atoms with Crippen molar-refractivity contribution in [3.63, 3.8) is 0 Å². The molecular formula is C17H23NO2. The van der Waals surface area contributed by atoms with Gasteiger partial charge in [0.25, 0.3) is 0 Å². The Kier molecular flexibility index (Phi) is 5.84. The molecule has 0 bridgehead atoms. The Morgan fingerprint density at radius 1 is 1.15 bits per heavy atom. The summed E-state index contributed by atoms with van der Waals surface area (Å²) in [5.74, 6) is 0. The number of hydrogen-bond donors (Lipinski definition) is 2. The summed E-state index contributed by atoms with van der Waals surface area (Å²) in [5.41, 5.74) is 1.05. The summed E-state index contributed by atoms with van der Waals surface area (Å²) < 4.78 is 5.42. The Morgan fingerprint density at radius 2 is 1.95 bits per heavy atom. The van der Waals surface area contributed by atoms with Gasteiger partial charge in [0, 0.05) is 24.2 Å². The summed E-state index contributed by atoms with van der Waals surface area (Å²) in [6, 6.07) is 14.4. The first-order valence-corrected chi connectivity index (χ1v) is 7.28. The molecular weight excluding hydrogens is 250 g/mol. The molecule has 0 aliphatic carbocycles. The summed E-state index contributed by atoms with van der Waals surface area (Å²) in [4.78, 5) is 0. The van der Waals surface area contributed by atoms with Gasteiger partial charge in [-0.25, -0.2) is 0 Å². The van der Waals surface area contributed by atoms with E-state index in [9.17, 15) is 5.11 Å². The van der Waals surface area contributed by atoms with Gasteiger partial charge in [-0.05, 0) is 17.9 Å². The van der Waals surface area contributed by atoms with E-state index in [-0.39, 0.29) is 0 Å². The number of benzene rings is 2. The number of aliphatic hydroxyl groups excluding tert-OH is 1. The maximum absolute atomic E-state index is 9.89. The highest BCUT2D eigenvalue weighted by atomic mass is 16.5. The van der Waals surface area contributed by atoms with Gasteiger partial charge in [-0.2, -0.15) is 0 Å². The lowest BCUT2D eigenvalue weighted by Gasteiger charge is -2.14. The highest BCUT2D eigenvalue weighted by Crippen LogP contribution is 2.22. The van der Waals surface area contributed by atoms with Crippen LogP contribution in [0.3, 0.4) is 0 Å². The average Bonchev–Trinajstić information content (AvgIpc) is 2.49. The van der Waals surface area contributed by atoms with Gasteiger partial charge in [-0.3, -0.25) is 0 Å². The third-order valence-electron chi connectivity index (χ3n) is 3.27. The van der Waals surface area contributed by atoms with Crippen LogP contribution in [0.2, 0.25) is 0 Å². The molecule has 108 valence electrons. The molecule has 3 heteroatoms. The number of ether oxygens (including phenoxy) is 1. The van der Waals surface area contributed by atoms with E-state index in [0.717, 1.165) is 25.1 Å². The molecule has 0 spiro atoms. The van der Waals surface area contributed by atoms with E-state index in [4.69, 9.17) is 4.74 Å². The van der Waals surface area contributed by atoms with E-state index in [0.29, 0.717) is 13.2 Å².